The Morgan fingerprint density at radius 2 is 2.19 bits per heavy atom. The van der Waals surface area contributed by atoms with Crippen LogP contribution in [0, 0.1) is 5.82 Å². The second-order valence-corrected chi connectivity index (χ2v) is 3.54. The van der Waals surface area contributed by atoms with Crippen molar-refractivity contribution in [3.63, 3.8) is 0 Å². The van der Waals surface area contributed by atoms with E-state index < -0.39 is 0 Å². The summed E-state index contributed by atoms with van der Waals surface area (Å²) in [5, 5.41) is 2.97. The van der Waals surface area contributed by atoms with Crippen molar-refractivity contribution < 1.29 is 9.13 Å². The highest BCUT2D eigenvalue weighted by Crippen LogP contribution is 2.14. The van der Waals surface area contributed by atoms with Crippen LogP contribution in [0.5, 0.6) is 0 Å². The number of halogens is 1. The lowest BCUT2D eigenvalue weighted by Crippen LogP contribution is -2.23. The third-order valence-corrected chi connectivity index (χ3v) is 2.15. The summed E-state index contributed by atoms with van der Waals surface area (Å²) in [5.74, 6) is -0.118. The van der Waals surface area contributed by atoms with Crippen LogP contribution in [-0.4, -0.2) is 29.2 Å². The number of aryl methyl sites for hydroxylation is 1. The van der Waals surface area contributed by atoms with Crippen molar-refractivity contribution in [2.45, 2.75) is 33.2 Å². The fourth-order valence-corrected chi connectivity index (χ4v) is 1.32. The number of nitrogens with one attached hydrogen (secondary N) is 1. The van der Waals surface area contributed by atoms with Gasteiger partial charge in [-0.25, -0.2) is 14.4 Å². The van der Waals surface area contributed by atoms with E-state index in [1.807, 2.05) is 20.8 Å². The molecule has 1 aromatic rings. The molecule has 1 heterocycles. The summed E-state index contributed by atoms with van der Waals surface area (Å²) < 4.78 is 19.0. The quantitative estimate of drug-likeness (QED) is 0.807. The molecule has 16 heavy (non-hydrogen) atoms. The first-order valence-electron chi connectivity index (χ1n) is 5.52. The molecule has 0 saturated carbocycles. The highest BCUT2D eigenvalue weighted by molar-refractivity contribution is 5.38. The summed E-state index contributed by atoms with van der Waals surface area (Å²) in [6.45, 7) is 6.88. The number of ether oxygens (including phenoxy) is 1. The fourth-order valence-electron chi connectivity index (χ4n) is 1.32. The summed E-state index contributed by atoms with van der Waals surface area (Å²) in [6.07, 6.45) is 1.93. The maximum absolute atomic E-state index is 13.7. The molecular weight excluding hydrogens is 209 g/mol. The minimum atomic E-state index is -0.367. The molecule has 5 heteroatoms. The minimum absolute atomic E-state index is 0.0223. The fraction of sp³-hybridized carbons (Fsp3) is 0.636. The van der Waals surface area contributed by atoms with Crippen LogP contribution in [0.25, 0.3) is 0 Å². The van der Waals surface area contributed by atoms with Gasteiger partial charge in [-0.3, -0.25) is 0 Å². The first-order chi connectivity index (χ1) is 7.69. The van der Waals surface area contributed by atoms with Crippen LogP contribution >= 0.6 is 0 Å². The van der Waals surface area contributed by atoms with Gasteiger partial charge in [-0.15, -0.1) is 0 Å². The van der Waals surface area contributed by atoms with Gasteiger partial charge >= 0.3 is 0 Å². The SMILES string of the molecule is CCOCC(C)Nc1ncnc(CC)c1F. The van der Waals surface area contributed by atoms with Crippen molar-refractivity contribution in [3.05, 3.63) is 17.8 Å². The Morgan fingerprint density at radius 1 is 1.44 bits per heavy atom. The summed E-state index contributed by atoms with van der Waals surface area (Å²) in [4.78, 5) is 7.75. The van der Waals surface area contributed by atoms with Gasteiger partial charge in [-0.1, -0.05) is 6.92 Å². The third kappa shape index (κ3) is 3.41. The van der Waals surface area contributed by atoms with Crippen molar-refractivity contribution in [1.29, 1.82) is 0 Å². The Labute approximate surface area is 95.3 Å². The monoisotopic (exact) mass is 227 g/mol. The summed E-state index contributed by atoms with van der Waals surface area (Å²) >= 11 is 0. The van der Waals surface area contributed by atoms with E-state index >= 15 is 0 Å². The molecule has 0 radical (unpaired) electrons. The van der Waals surface area contributed by atoms with Gasteiger partial charge in [-0.2, -0.15) is 0 Å². The molecule has 1 atom stereocenters. The molecule has 0 aliphatic carbocycles. The lowest BCUT2D eigenvalue weighted by atomic mass is 10.3. The predicted octanol–water partition coefficient (Wildman–Crippen LogP) is 2.01. The Morgan fingerprint density at radius 3 is 2.81 bits per heavy atom. The van der Waals surface area contributed by atoms with E-state index in [0.717, 1.165) is 0 Å². The molecule has 0 aromatic carbocycles. The number of nitrogens with zero attached hydrogens (tertiary/aromatic N) is 2. The molecular formula is C11H18FN3O. The van der Waals surface area contributed by atoms with E-state index in [1.54, 1.807) is 0 Å². The second-order valence-electron chi connectivity index (χ2n) is 3.54. The largest absolute Gasteiger partial charge is 0.380 e. The smallest absolute Gasteiger partial charge is 0.186 e. The standard InChI is InChI=1S/C11H18FN3O/c1-4-9-10(12)11(14-7-13-9)15-8(3)6-16-5-2/h7-8H,4-6H2,1-3H3,(H,13,14,15). The number of rotatable bonds is 6. The van der Waals surface area contributed by atoms with Crippen molar-refractivity contribution in [2.75, 3.05) is 18.5 Å². The zero-order chi connectivity index (χ0) is 12.0. The minimum Gasteiger partial charge on any atom is -0.380 e. The molecule has 0 aliphatic rings. The molecule has 0 amide bonds. The number of hydrogen-bond donors (Lipinski definition) is 1. The molecule has 1 rings (SSSR count). The third-order valence-electron chi connectivity index (χ3n) is 2.15. The van der Waals surface area contributed by atoms with Gasteiger partial charge in [0.25, 0.3) is 0 Å². The molecule has 1 aromatic heterocycles. The van der Waals surface area contributed by atoms with Gasteiger partial charge in [0.1, 0.15) is 6.33 Å². The molecule has 0 bridgehead atoms. The van der Waals surface area contributed by atoms with Gasteiger partial charge in [0.05, 0.1) is 12.3 Å². The molecule has 90 valence electrons. The Kier molecular flexibility index (Phi) is 5.11. The first kappa shape index (κ1) is 12.8. The lowest BCUT2D eigenvalue weighted by Gasteiger charge is -2.15. The van der Waals surface area contributed by atoms with E-state index in [0.29, 0.717) is 25.3 Å². The zero-order valence-corrected chi connectivity index (χ0v) is 9.96. The van der Waals surface area contributed by atoms with Crippen LogP contribution in [0.4, 0.5) is 10.2 Å². The normalized spacial score (nSPS) is 12.5. The zero-order valence-electron chi connectivity index (χ0n) is 9.96. The van der Waals surface area contributed by atoms with Gasteiger partial charge in [0.15, 0.2) is 11.6 Å². The number of aromatic nitrogens is 2. The molecule has 0 spiro atoms. The maximum Gasteiger partial charge on any atom is 0.186 e. The average molecular weight is 227 g/mol. The number of anilines is 1. The van der Waals surface area contributed by atoms with Gasteiger partial charge in [0, 0.05) is 12.6 Å². The van der Waals surface area contributed by atoms with Gasteiger partial charge < -0.3 is 10.1 Å². The van der Waals surface area contributed by atoms with E-state index in [1.165, 1.54) is 6.33 Å². The molecule has 0 fully saturated rings. The molecule has 1 unspecified atom stereocenters. The van der Waals surface area contributed by atoms with Gasteiger partial charge in [-0.05, 0) is 20.3 Å². The number of hydrogen-bond acceptors (Lipinski definition) is 4. The maximum atomic E-state index is 13.7. The van der Waals surface area contributed by atoms with Gasteiger partial charge in [0.2, 0.25) is 0 Å². The van der Waals surface area contributed by atoms with E-state index in [2.05, 4.69) is 15.3 Å². The Hall–Kier alpha value is -1.23. The van der Waals surface area contributed by atoms with Crippen molar-refractivity contribution >= 4 is 5.82 Å². The van der Waals surface area contributed by atoms with Crippen LogP contribution in [0.1, 0.15) is 26.5 Å². The van der Waals surface area contributed by atoms with Crippen LogP contribution < -0.4 is 5.32 Å². The van der Waals surface area contributed by atoms with E-state index in [4.69, 9.17) is 4.74 Å². The molecule has 1 N–H and O–H groups in total. The van der Waals surface area contributed by atoms with Crippen molar-refractivity contribution in [2.24, 2.45) is 0 Å². The predicted molar refractivity (Wildman–Crippen MR) is 60.9 cm³/mol. The highest BCUT2D eigenvalue weighted by Gasteiger charge is 2.11. The van der Waals surface area contributed by atoms with Crippen molar-refractivity contribution in [3.8, 4) is 0 Å². The Bertz CT molecular complexity index is 333. The van der Waals surface area contributed by atoms with Crippen LogP contribution in [0.15, 0.2) is 6.33 Å². The molecule has 0 saturated heterocycles. The summed E-state index contributed by atoms with van der Waals surface area (Å²) in [7, 11) is 0. The van der Waals surface area contributed by atoms with Crippen LogP contribution in [0.2, 0.25) is 0 Å². The van der Waals surface area contributed by atoms with Crippen LogP contribution in [-0.2, 0) is 11.2 Å². The van der Waals surface area contributed by atoms with Crippen molar-refractivity contribution in [1.82, 2.24) is 9.97 Å². The van der Waals surface area contributed by atoms with Crippen LogP contribution in [0.3, 0.4) is 0 Å². The molecule has 0 aliphatic heterocycles. The second kappa shape index (κ2) is 6.37. The summed E-state index contributed by atoms with van der Waals surface area (Å²) in [6, 6.07) is 0.0223. The first-order valence-corrected chi connectivity index (χ1v) is 5.52. The highest BCUT2D eigenvalue weighted by atomic mass is 19.1. The van der Waals surface area contributed by atoms with E-state index in [9.17, 15) is 4.39 Å². The lowest BCUT2D eigenvalue weighted by molar-refractivity contribution is 0.141. The Balaban J connectivity index is 2.66. The van der Waals surface area contributed by atoms with E-state index in [-0.39, 0.29) is 17.7 Å². The molecule has 4 nitrogen and oxygen atoms in total. The average Bonchev–Trinajstić information content (AvgIpc) is 2.29. The summed E-state index contributed by atoms with van der Waals surface area (Å²) in [5.41, 5.74) is 0.432. The topological polar surface area (TPSA) is 47.0 Å².